The number of ether oxygens (including phenoxy) is 1. The van der Waals surface area contributed by atoms with Crippen molar-refractivity contribution >= 4 is 35.7 Å². The molecule has 2 atom stereocenters. The molecule has 0 spiro atoms. The number of alkyl carbamates (subject to hydrolysis) is 1. The summed E-state index contributed by atoms with van der Waals surface area (Å²) in [6.07, 6.45) is 2.15. The van der Waals surface area contributed by atoms with Crippen LogP contribution in [0.3, 0.4) is 0 Å². The van der Waals surface area contributed by atoms with Gasteiger partial charge in [0.2, 0.25) is 5.96 Å². The summed E-state index contributed by atoms with van der Waals surface area (Å²) in [5, 5.41) is 26.0. The molecule has 2 aromatic heterocycles. The number of amides is 3. The van der Waals surface area contributed by atoms with Crippen LogP contribution in [0.1, 0.15) is 69.6 Å². The quantitative estimate of drug-likeness (QED) is 0.145. The van der Waals surface area contributed by atoms with Crippen molar-refractivity contribution in [2.75, 3.05) is 6.61 Å². The summed E-state index contributed by atoms with van der Waals surface area (Å²) >= 11 is 6.57. The van der Waals surface area contributed by atoms with Crippen LogP contribution in [0, 0.1) is 12.3 Å². The zero-order chi connectivity index (χ0) is 36.7. The summed E-state index contributed by atoms with van der Waals surface area (Å²) in [7, 11) is 0. The third kappa shape index (κ3) is 7.70. The molecule has 4 N–H and O–H groups in total. The van der Waals surface area contributed by atoms with E-state index in [2.05, 4.69) is 30.9 Å². The fraction of sp³-hybridized carbons (Fsp3) is 0.382. The normalized spacial score (nSPS) is 18.2. The molecule has 0 unspecified atom stereocenters. The third-order valence-corrected chi connectivity index (χ3v) is 8.73. The number of nitrogens with one attached hydrogen (secondary N) is 3. The lowest BCUT2D eigenvalue weighted by Gasteiger charge is -2.35. The van der Waals surface area contributed by atoms with Crippen molar-refractivity contribution in [1.29, 1.82) is 0 Å². The largest absolute Gasteiger partial charge is 0.465 e. The average Bonchev–Trinajstić information content (AvgIpc) is 3.43. The van der Waals surface area contributed by atoms with Gasteiger partial charge in [0.25, 0.3) is 5.91 Å². The number of carbonyl (C=O) groups excluding carboxylic acids is 2. The Hall–Kier alpha value is -5.38. The number of carbonyl (C=O) groups is 3. The molecule has 3 heterocycles. The average molecular weight is 724 g/mol. The van der Waals surface area contributed by atoms with Crippen LogP contribution in [0.2, 0.25) is 5.02 Å². The van der Waals surface area contributed by atoms with Crippen molar-refractivity contribution in [3.8, 4) is 22.5 Å². The van der Waals surface area contributed by atoms with Gasteiger partial charge in [-0.15, -0.1) is 0 Å². The van der Waals surface area contributed by atoms with Gasteiger partial charge >= 0.3 is 18.7 Å². The second-order valence-electron chi connectivity index (χ2n) is 13.7. The number of benzene rings is 2. The maximum absolute atomic E-state index is 15.1. The van der Waals surface area contributed by atoms with E-state index in [1.807, 2.05) is 20.8 Å². The predicted octanol–water partition coefficient (Wildman–Crippen LogP) is 6.42. The minimum Gasteiger partial charge on any atom is -0.465 e. The number of guanidine groups is 1. The first-order chi connectivity index (χ1) is 24.1. The summed E-state index contributed by atoms with van der Waals surface area (Å²) in [6.45, 7) is 4.31. The fourth-order valence-electron chi connectivity index (χ4n) is 6.05. The molecule has 17 heteroatoms. The standard InChI is InChI=1S/C34H36ClF2N9O5/c1-18-39-27(44-43-18)24-13-20(7-12-25(24)35)26(16-51-32(50)40-23-10-11-23)46-28(47)34(17-33(2,3)4,42-30(46)41-31(48)49)22-8-5-19(6-9-22)21-14-38-45(15-21)29(36)37/h5-9,12-15,23,26,29H,10-11,16-17H2,1-4H3,(H,40,50)(H,41,42)(H,48,49)(H,39,43,44)/t26-,34-/m1/s1. The van der Waals surface area contributed by atoms with E-state index < -0.39 is 41.6 Å². The first-order valence-corrected chi connectivity index (χ1v) is 16.5. The number of carboxylic acid groups (broad SMARTS) is 1. The molecule has 2 aliphatic rings. The number of nitrogens with zero attached hydrogens (tertiary/aromatic N) is 6. The Bertz CT molecular complexity index is 1990. The zero-order valence-corrected chi connectivity index (χ0v) is 28.9. The van der Waals surface area contributed by atoms with Gasteiger partial charge in [-0.25, -0.2) is 24.2 Å². The lowest BCUT2D eigenvalue weighted by molar-refractivity contribution is -0.135. The molecule has 0 bridgehead atoms. The van der Waals surface area contributed by atoms with Crippen LogP contribution >= 0.6 is 11.6 Å². The van der Waals surface area contributed by atoms with Crippen molar-refractivity contribution in [3.63, 3.8) is 0 Å². The molecule has 14 nitrogen and oxygen atoms in total. The first-order valence-electron chi connectivity index (χ1n) is 16.1. The number of aliphatic imine (C=N–C) groups is 1. The summed E-state index contributed by atoms with van der Waals surface area (Å²) in [4.78, 5) is 50.5. The number of aromatic nitrogens is 5. The van der Waals surface area contributed by atoms with Gasteiger partial charge in [0, 0.05) is 23.4 Å². The van der Waals surface area contributed by atoms with E-state index in [0.717, 1.165) is 12.8 Å². The molecule has 1 saturated carbocycles. The highest BCUT2D eigenvalue weighted by molar-refractivity contribution is 6.33. The van der Waals surface area contributed by atoms with E-state index in [0.29, 0.717) is 43.3 Å². The van der Waals surface area contributed by atoms with Crippen molar-refractivity contribution in [3.05, 3.63) is 76.8 Å². The molecular formula is C34H36ClF2N9O5. The van der Waals surface area contributed by atoms with E-state index in [4.69, 9.17) is 21.3 Å². The minimum absolute atomic E-state index is 0.00148. The maximum atomic E-state index is 15.1. The predicted molar refractivity (Wildman–Crippen MR) is 182 cm³/mol. The zero-order valence-electron chi connectivity index (χ0n) is 28.2. The van der Waals surface area contributed by atoms with Gasteiger partial charge in [0.05, 0.1) is 17.3 Å². The van der Waals surface area contributed by atoms with Gasteiger partial charge in [-0.3, -0.25) is 20.1 Å². The number of halogens is 3. The van der Waals surface area contributed by atoms with Crippen molar-refractivity contribution in [2.45, 2.75) is 71.1 Å². The summed E-state index contributed by atoms with van der Waals surface area (Å²) in [5.41, 5.74) is 0.121. The molecule has 4 aromatic rings. The molecule has 1 aliphatic carbocycles. The molecule has 2 aromatic carbocycles. The molecule has 268 valence electrons. The van der Waals surface area contributed by atoms with Crippen LogP contribution in [0.5, 0.6) is 0 Å². The Labute approximate surface area is 296 Å². The van der Waals surface area contributed by atoms with Crippen LogP contribution in [-0.4, -0.2) is 71.7 Å². The van der Waals surface area contributed by atoms with Crippen molar-refractivity contribution in [2.24, 2.45) is 10.4 Å². The molecule has 3 amide bonds. The molecular weight excluding hydrogens is 688 g/mol. The van der Waals surface area contributed by atoms with Crippen LogP contribution in [-0.2, 0) is 15.1 Å². The van der Waals surface area contributed by atoms with Crippen molar-refractivity contribution in [1.82, 2.24) is 40.5 Å². The van der Waals surface area contributed by atoms with E-state index >= 15 is 4.79 Å². The SMILES string of the molecule is Cc1nc(-c2cc([C@@H](COC(=O)NC3CC3)N3C(=O)[C@@](CC(C)(C)C)(c4ccc(-c5cnn(C(F)F)c5)cc4)N=C3NC(=O)O)ccc2Cl)n[nH]1. The number of aromatic amines is 1. The Morgan fingerprint density at radius 2 is 1.88 bits per heavy atom. The number of aryl methyl sites for hydroxylation is 1. The van der Waals surface area contributed by atoms with Gasteiger partial charge < -0.3 is 15.2 Å². The molecule has 0 saturated heterocycles. The van der Waals surface area contributed by atoms with Crippen molar-refractivity contribution < 1.29 is 33.0 Å². The van der Waals surface area contributed by atoms with E-state index in [9.17, 15) is 23.5 Å². The number of alkyl halides is 2. The third-order valence-electron chi connectivity index (χ3n) is 8.40. The monoisotopic (exact) mass is 723 g/mol. The summed E-state index contributed by atoms with van der Waals surface area (Å²) in [5.74, 6) is -0.0304. The van der Waals surface area contributed by atoms with Crippen LogP contribution < -0.4 is 10.6 Å². The van der Waals surface area contributed by atoms with Gasteiger partial charge in [0.1, 0.15) is 12.4 Å². The Balaban J connectivity index is 1.45. The number of H-pyrrole nitrogens is 1. The van der Waals surface area contributed by atoms with Crippen LogP contribution in [0.4, 0.5) is 18.4 Å². The molecule has 1 aliphatic heterocycles. The second kappa shape index (κ2) is 13.7. The van der Waals surface area contributed by atoms with Crippen LogP contribution in [0.25, 0.3) is 22.5 Å². The number of rotatable bonds is 10. The molecule has 1 fully saturated rings. The lowest BCUT2D eigenvalue weighted by atomic mass is 9.75. The molecule has 0 radical (unpaired) electrons. The van der Waals surface area contributed by atoms with Gasteiger partial charge in [0.15, 0.2) is 11.4 Å². The molecule has 6 rings (SSSR count). The molecule has 51 heavy (non-hydrogen) atoms. The van der Waals surface area contributed by atoms with E-state index in [1.165, 1.54) is 17.3 Å². The highest BCUT2D eigenvalue weighted by Crippen LogP contribution is 2.46. The van der Waals surface area contributed by atoms with Gasteiger partial charge in [-0.2, -0.15) is 19.0 Å². The summed E-state index contributed by atoms with van der Waals surface area (Å²) in [6, 6.07) is 10.4. The number of hydrogen-bond donors (Lipinski definition) is 4. The lowest BCUT2D eigenvalue weighted by Crippen LogP contribution is -2.49. The Morgan fingerprint density at radius 3 is 2.47 bits per heavy atom. The first kappa shape index (κ1) is 35.4. The van der Waals surface area contributed by atoms with Gasteiger partial charge in [-0.05, 0) is 60.4 Å². The maximum Gasteiger partial charge on any atom is 0.411 e. The highest BCUT2D eigenvalue weighted by Gasteiger charge is 2.54. The Morgan fingerprint density at radius 1 is 1.16 bits per heavy atom. The summed E-state index contributed by atoms with van der Waals surface area (Å²) < 4.78 is 32.6. The second-order valence-corrected chi connectivity index (χ2v) is 14.1. The smallest absolute Gasteiger partial charge is 0.411 e. The fourth-order valence-corrected chi connectivity index (χ4v) is 6.25. The van der Waals surface area contributed by atoms with Crippen LogP contribution in [0.15, 0.2) is 59.9 Å². The highest BCUT2D eigenvalue weighted by atomic mass is 35.5. The topological polar surface area (TPSA) is 180 Å². The van der Waals surface area contributed by atoms with Gasteiger partial charge in [-0.1, -0.05) is 62.7 Å². The number of hydrogen-bond acceptors (Lipinski definition) is 8. The minimum atomic E-state index is -2.81. The van der Waals surface area contributed by atoms with E-state index in [-0.39, 0.29) is 30.9 Å². The Kier molecular flexibility index (Phi) is 9.55. The van der Waals surface area contributed by atoms with E-state index in [1.54, 1.807) is 49.4 Å².